The number of imidazole rings is 1. The summed E-state index contributed by atoms with van der Waals surface area (Å²) in [5, 5.41) is 0. The molecule has 1 N–H and O–H groups in total. The predicted molar refractivity (Wildman–Crippen MR) is 116 cm³/mol. The van der Waals surface area contributed by atoms with Crippen molar-refractivity contribution in [1.29, 1.82) is 0 Å². The summed E-state index contributed by atoms with van der Waals surface area (Å²) in [5.74, 6) is 1.48. The van der Waals surface area contributed by atoms with Gasteiger partial charge in [0.25, 0.3) is 5.91 Å². The van der Waals surface area contributed by atoms with Crippen molar-refractivity contribution in [2.75, 3.05) is 44.2 Å². The standard InChI is InChI=1S/C22H25N7O2/c1-2-18(30)27-9-11-28(12-10-27)21-19(23-7-8-24-21)15-13-29(14-15)22(31)20-25-16-5-3-4-6-17(16)26-20/h3-8,15H,2,9-14H2,1H3,(H,25,26). The first-order valence-corrected chi connectivity index (χ1v) is 10.7. The van der Waals surface area contributed by atoms with Crippen LogP contribution in [0, 0.1) is 0 Å². The number of nitrogens with zero attached hydrogens (tertiary/aromatic N) is 6. The van der Waals surface area contributed by atoms with Crippen molar-refractivity contribution in [3.05, 3.63) is 48.2 Å². The Morgan fingerprint density at radius 2 is 1.77 bits per heavy atom. The number of aromatic nitrogens is 4. The van der Waals surface area contributed by atoms with Gasteiger partial charge in [-0.25, -0.2) is 9.97 Å². The van der Waals surface area contributed by atoms with E-state index >= 15 is 0 Å². The van der Waals surface area contributed by atoms with Gasteiger partial charge in [0.2, 0.25) is 5.91 Å². The van der Waals surface area contributed by atoms with Gasteiger partial charge in [0.15, 0.2) is 11.6 Å². The highest BCUT2D eigenvalue weighted by atomic mass is 16.2. The van der Waals surface area contributed by atoms with E-state index in [9.17, 15) is 9.59 Å². The van der Waals surface area contributed by atoms with Crippen molar-refractivity contribution >= 4 is 28.7 Å². The zero-order valence-electron chi connectivity index (χ0n) is 17.5. The average molecular weight is 419 g/mol. The van der Waals surface area contributed by atoms with E-state index in [4.69, 9.17) is 0 Å². The van der Waals surface area contributed by atoms with E-state index in [1.165, 1.54) is 0 Å². The third-order valence-electron chi connectivity index (χ3n) is 6.09. The number of piperazine rings is 1. The molecule has 2 aliphatic rings. The summed E-state index contributed by atoms with van der Waals surface area (Å²) in [6, 6.07) is 7.63. The van der Waals surface area contributed by atoms with E-state index in [1.54, 1.807) is 17.3 Å². The SMILES string of the molecule is CCC(=O)N1CCN(c2nccnc2C2CN(C(=O)c3nc4ccccc4[nH]3)C2)CC1. The molecule has 2 saturated heterocycles. The number of likely N-dealkylation sites (tertiary alicyclic amines) is 1. The lowest BCUT2D eigenvalue weighted by atomic mass is 9.95. The maximum absolute atomic E-state index is 12.8. The van der Waals surface area contributed by atoms with Crippen LogP contribution in [-0.4, -0.2) is 80.8 Å². The van der Waals surface area contributed by atoms with Gasteiger partial charge >= 0.3 is 0 Å². The van der Waals surface area contributed by atoms with Crippen LogP contribution in [0.5, 0.6) is 0 Å². The van der Waals surface area contributed by atoms with Crippen molar-refractivity contribution < 1.29 is 9.59 Å². The van der Waals surface area contributed by atoms with Gasteiger partial charge in [-0.15, -0.1) is 0 Å². The molecule has 0 saturated carbocycles. The highest BCUT2D eigenvalue weighted by Gasteiger charge is 2.37. The Labute approximate surface area is 180 Å². The third kappa shape index (κ3) is 3.60. The fourth-order valence-corrected chi connectivity index (χ4v) is 4.29. The number of anilines is 1. The molecule has 5 rings (SSSR count). The van der Waals surface area contributed by atoms with Gasteiger partial charge in [-0.05, 0) is 12.1 Å². The molecule has 0 spiro atoms. The molecule has 2 fully saturated rings. The summed E-state index contributed by atoms with van der Waals surface area (Å²) in [6.07, 6.45) is 3.95. The van der Waals surface area contributed by atoms with Gasteiger partial charge in [-0.1, -0.05) is 19.1 Å². The number of benzene rings is 1. The molecule has 2 aliphatic heterocycles. The zero-order valence-corrected chi connectivity index (χ0v) is 17.5. The maximum atomic E-state index is 12.8. The smallest absolute Gasteiger partial charge is 0.289 e. The summed E-state index contributed by atoms with van der Waals surface area (Å²) in [5.41, 5.74) is 2.58. The quantitative estimate of drug-likeness (QED) is 0.691. The van der Waals surface area contributed by atoms with E-state index in [-0.39, 0.29) is 17.7 Å². The van der Waals surface area contributed by atoms with Crippen molar-refractivity contribution in [1.82, 2.24) is 29.7 Å². The average Bonchev–Trinajstić information content (AvgIpc) is 3.22. The number of nitrogens with one attached hydrogen (secondary N) is 1. The zero-order chi connectivity index (χ0) is 21.4. The molecule has 0 atom stereocenters. The minimum Gasteiger partial charge on any atom is -0.352 e. The number of para-hydroxylation sites is 2. The highest BCUT2D eigenvalue weighted by molar-refractivity contribution is 5.94. The second-order valence-electron chi connectivity index (χ2n) is 8.00. The van der Waals surface area contributed by atoms with Crippen LogP contribution in [0.25, 0.3) is 11.0 Å². The Morgan fingerprint density at radius 3 is 2.52 bits per heavy atom. The van der Waals surface area contributed by atoms with Crippen LogP contribution < -0.4 is 4.90 Å². The monoisotopic (exact) mass is 419 g/mol. The van der Waals surface area contributed by atoms with Crippen LogP contribution in [0.1, 0.15) is 35.6 Å². The van der Waals surface area contributed by atoms with Crippen LogP contribution in [0.3, 0.4) is 0 Å². The van der Waals surface area contributed by atoms with E-state index in [0.29, 0.717) is 38.4 Å². The maximum Gasteiger partial charge on any atom is 0.289 e. The van der Waals surface area contributed by atoms with Crippen LogP contribution in [0.15, 0.2) is 36.7 Å². The molecule has 0 bridgehead atoms. The number of carbonyl (C=O) groups excluding carboxylic acids is 2. The number of H-pyrrole nitrogens is 1. The van der Waals surface area contributed by atoms with Gasteiger partial charge < -0.3 is 19.7 Å². The van der Waals surface area contributed by atoms with Gasteiger partial charge in [0, 0.05) is 64.0 Å². The Kier molecular flexibility index (Phi) is 5.01. The van der Waals surface area contributed by atoms with Crippen molar-refractivity contribution in [2.24, 2.45) is 0 Å². The second kappa shape index (κ2) is 7.98. The topological polar surface area (TPSA) is 98.3 Å². The van der Waals surface area contributed by atoms with Crippen LogP contribution >= 0.6 is 0 Å². The molecule has 9 nitrogen and oxygen atoms in total. The molecule has 2 amide bonds. The van der Waals surface area contributed by atoms with Gasteiger partial charge in [0.05, 0.1) is 16.7 Å². The van der Waals surface area contributed by atoms with Crippen molar-refractivity contribution in [3.63, 3.8) is 0 Å². The Bertz CT molecular complexity index is 1080. The largest absolute Gasteiger partial charge is 0.352 e. The molecular weight excluding hydrogens is 394 g/mol. The molecule has 3 aromatic rings. The first-order chi connectivity index (χ1) is 15.1. The number of hydrogen-bond donors (Lipinski definition) is 1. The lowest BCUT2D eigenvalue weighted by Gasteiger charge is -2.41. The van der Waals surface area contributed by atoms with Crippen LogP contribution in [0.2, 0.25) is 0 Å². The molecule has 0 unspecified atom stereocenters. The van der Waals surface area contributed by atoms with Crippen LogP contribution in [0.4, 0.5) is 5.82 Å². The number of amides is 2. The molecule has 9 heteroatoms. The summed E-state index contributed by atoms with van der Waals surface area (Å²) >= 11 is 0. The minimum atomic E-state index is -0.0930. The predicted octanol–water partition coefficient (Wildman–Crippen LogP) is 1.65. The molecule has 0 aliphatic carbocycles. The molecule has 0 radical (unpaired) electrons. The first-order valence-electron chi connectivity index (χ1n) is 10.7. The van der Waals surface area contributed by atoms with E-state index in [1.807, 2.05) is 36.1 Å². The van der Waals surface area contributed by atoms with Crippen molar-refractivity contribution in [2.45, 2.75) is 19.3 Å². The lowest BCUT2D eigenvalue weighted by molar-refractivity contribution is -0.131. The number of carbonyl (C=O) groups is 2. The number of fused-ring (bicyclic) bond motifs is 1. The second-order valence-corrected chi connectivity index (χ2v) is 8.00. The minimum absolute atomic E-state index is 0.0930. The fraction of sp³-hybridized carbons (Fsp3) is 0.409. The molecule has 2 aromatic heterocycles. The highest BCUT2D eigenvalue weighted by Crippen LogP contribution is 2.32. The summed E-state index contributed by atoms with van der Waals surface area (Å²) < 4.78 is 0. The van der Waals surface area contributed by atoms with E-state index in [2.05, 4.69) is 24.8 Å². The Balaban J connectivity index is 1.26. The molecule has 1 aromatic carbocycles. The van der Waals surface area contributed by atoms with Crippen LogP contribution in [-0.2, 0) is 4.79 Å². The first kappa shape index (κ1) is 19.5. The fourth-order valence-electron chi connectivity index (χ4n) is 4.29. The van der Waals surface area contributed by atoms with Gasteiger partial charge in [-0.2, -0.15) is 0 Å². The van der Waals surface area contributed by atoms with Crippen molar-refractivity contribution in [3.8, 4) is 0 Å². The summed E-state index contributed by atoms with van der Waals surface area (Å²) in [7, 11) is 0. The summed E-state index contributed by atoms with van der Waals surface area (Å²) in [6.45, 7) is 5.96. The number of rotatable bonds is 4. The number of hydrogen-bond acceptors (Lipinski definition) is 6. The molecule has 31 heavy (non-hydrogen) atoms. The summed E-state index contributed by atoms with van der Waals surface area (Å²) in [4.78, 5) is 47.4. The van der Waals surface area contributed by atoms with Gasteiger partial charge in [-0.3, -0.25) is 14.6 Å². The van der Waals surface area contributed by atoms with E-state index in [0.717, 1.165) is 35.6 Å². The molecular formula is C22H25N7O2. The van der Waals surface area contributed by atoms with E-state index < -0.39 is 0 Å². The Morgan fingerprint density at radius 1 is 1.03 bits per heavy atom. The third-order valence-corrected chi connectivity index (χ3v) is 6.09. The normalized spacial score (nSPS) is 17.1. The molecule has 4 heterocycles. The number of aromatic amines is 1. The van der Waals surface area contributed by atoms with Gasteiger partial charge in [0.1, 0.15) is 0 Å². The Hall–Kier alpha value is -3.49. The lowest BCUT2D eigenvalue weighted by Crippen LogP contribution is -2.51. The molecule has 160 valence electrons.